The summed E-state index contributed by atoms with van der Waals surface area (Å²) in [6.07, 6.45) is 5.22. The first-order chi connectivity index (χ1) is 8.63. The molecule has 4 heteroatoms. The number of aryl methyl sites for hydroxylation is 1. The van der Waals surface area contributed by atoms with Crippen LogP contribution in [-0.4, -0.2) is 40.7 Å². The van der Waals surface area contributed by atoms with Crippen LogP contribution in [0.2, 0.25) is 0 Å². The number of hydrogen-bond donors (Lipinski definition) is 0. The van der Waals surface area contributed by atoms with E-state index in [1.54, 1.807) is 0 Å². The summed E-state index contributed by atoms with van der Waals surface area (Å²) in [5, 5.41) is 0. The molecule has 2 rings (SSSR count). The van der Waals surface area contributed by atoms with Gasteiger partial charge in [-0.05, 0) is 19.3 Å². The van der Waals surface area contributed by atoms with Crippen LogP contribution in [0.25, 0.3) is 0 Å². The van der Waals surface area contributed by atoms with E-state index < -0.39 is 0 Å². The Morgan fingerprint density at radius 3 is 2.89 bits per heavy atom. The Balaban J connectivity index is 1.87. The predicted octanol–water partition coefficient (Wildman–Crippen LogP) is 2.03. The lowest BCUT2D eigenvalue weighted by atomic mass is 10.0. The first-order valence-corrected chi connectivity index (χ1v) is 6.75. The van der Waals surface area contributed by atoms with Gasteiger partial charge in [0.15, 0.2) is 0 Å². The van der Waals surface area contributed by atoms with Crippen molar-refractivity contribution < 1.29 is 4.74 Å². The highest BCUT2D eigenvalue weighted by molar-refractivity contribution is 5.00. The molecule has 100 valence electrons. The van der Waals surface area contributed by atoms with E-state index in [2.05, 4.69) is 28.7 Å². The quantitative estimate of drug-likeness (QED) is 0.818. The van der Waals surface area contributed by atoms with Crippen molar-refractivity contribution in [2.45, 2.75) is 39.8 Å². The van der Waals surface area contributed by atoms with Crippen molar-refractivity contribution in [3.05, 3.63) is 23.8 Å². The number of aromatic nitrogens is 2. The lowest BCUT2D eigenvalue weighted by Crippen LogP contribution is -2.42. The fourth-order valence-corrected chi connectivity index (χ4v) is 2.32. The van der Waals surface area contributed by atoms with Gasteiger partial charge in [0, 0.05) is 32.0 Å². The second kappa shape index (κ2) is 6.25. The van der Waals surface area contributed by atoms with Crippen LogP contribution in [0.1, 0.15) is 31.7 Å². The maximum absolute atomic E-state index is 5.80. The maximum Gasteiger partial charge on any atom is 0.0727 e. The van der Waals surface area contributed by atoms with Gasteiger partial charge in [0.05, 0.1) is 24.1 Å². The topological polar surface area (TPSA) is 38.2 Å². The average molecular weight is 249 g/mol. The van der Waals surface area contributed by atoms with E-state index in [0.29, 0.717) is 12.0 Å². The maximum atomic E-state index is 5.80. The van der Waals surface area contributed by atoms with Gasteiger partial charge in [-0.3, -0.25) is 14.9 Å². The zero-order valence-corrected chi connectivity index (χ0v) is 11.6. The van der Waals surface area contributed by atoms with E-state index in [1.165, 1.54) is 0 Å². The molecule has 0 radical (unpaired) electrons. The Kier molecular flexibility index (Phi) is 4.66. The molecule has 0 saturated carbocycles. The molecule has 0 aromatic carbocycles. The third-order valence-electron chi connectivity index (χ3n) is 3.18. The van der Waals surface area contributed by atoms with Crippen LogP contribution in [0.5, 0.6) is 0 Å². The Hall–Kier alpha value is -1.00. The van der Waals surface area contributed by atoms with E-state index >= 15 is 0 Å². The highest BCUT2D eigenvalue weighted by atomic mass is 16.5. The first-order valence-electron chi connectivity index (χ1n) is 6.75. The minimum absolute atomic E-state index is 0.372. The summed E-state index contributed by atoms with van der Waals surface area (Å²) in [5.41, 5.74) is 2.02. The van der Waals surface area contributed by atoms with Crippen LogP contribution < -0.4 is 0 Å². The number of nitrogens with zero attached hydrogens (tertiary/aromatic N) is 3. The minimum Gasteiger partial charge on any atom is -0.376 e. The molecular weight excluding hydrogens is 226 g/mol. The van der Waals surface area contributed by atoms with Gasteiger partial charge in [-0.1, -0.05) is 13.8 Å². The summed E-state index contributed by atoms with van der Waals surface area (Å²) in [6, 6.07) is 0. The zero-order chi connectivity index (χ0) is 13.0. The minimum atomic E-state index is 0.372. The standard InChI is InChI=1S/C14H23N3O/c1-11(2)6-14-10-17(4-5-18-14)9-13-8-15-12(3)7-16-13/h7-8,11,14H,4-6,9-10H2,1-3H3/t14-/m0/s1. The lowest BCUT2D eigenvalue weighted by molar-refractivity contribution is -0.0403. The third kappa shape index (κ3) is 4.03. The fraction of sp³-hybridized carbons (Fsp3) is 0.714. The molecule has 1 aliphatic heterocycles. The molecule has 0 bridgehead atoms. The van der Waals surface area contributed by atoms with Crippen molar-refractivity contribution in [2.75, 3.05) is 19.7 Å². The molecule has 1 aliphatic rings. The summed E-state index contributed by atoms with van der Waals surface area (Å²) < 4.78 is 5.80. The second-order valence-electron chi connectivity index (χ2n) is 5.51. The van der Waals surface area contributed by atoms with Gasteiger partial charge in [0.25, 0.3) is 0 Å². The number of ether oxygens (including phenoxy) is 1. The van der Waals surface area contributed by atoms with Crippen molar-refractivity contribution in [3.8, 4) is 0 Å². The molecule has 1 fully saturated rings. The fourth-order valence-electron chi connectivity index (χ4n) is 2.32. The second-order valence-corrected chi connectivity index (χ2v) is 5.51. The third-order valence-corrected chi connectivity index (χ3v) is 3.18. The van der Waals surface area contributed by atoms with Gasteiger partial charge < -0.3 is 4.74 Å². The van der Waals surface area contributed by atoms with Crippen LogP contribution in [0.4, 0.5) is 0 Å². The van der Waals surface area contributed by atoms with E-state index in [0.717, 1.165) is 44.0 Å². The monoisotopic (exact) mass is 249 g/mol. The predicted molar refractivity (Wildman–Crippen MR) is 71.2 cm³/mol. The van der Waals surface area contributed by atoms with Crippen molar-refractivity contribution in [1.29, 1.82) is 0 Å². The molecule has 0 unspecified atom stereocenters. The van der Waals surface area contributed by atoms with E-state index in [-0.39, 0.29) is 0 Å². The smallest absolute Gasteiger partial charge is 0.0727 e. The zero-order valence-electron chi connectivity index (χ0n) is 11.6. The van der Waals surface area contributed by atoms with Gasteiger partial charge >= 0.3 is 0 Å². The van der Waals surface area contributed by atoms with Crippen molar-refractivity contribution in [2.24, 2.45) is 5.92 Å². The van der Waals surface area contributed by atoms with Gasteiger partial charge in [0.2, 0.25) is 0 Å². The number of morpholine rings is 1. The highest BCUT2D eigenvalue weighted by Gasteiger charge is 2.21. The van der Waals surface area contributed by atoms with Crippen LogP contribution in [0.15, 0.2) is 12.4 Å². The highest BCUT2D eigenvalue weighted by Crippen LogP contribution is 2.15. The molecule has 1 aromatic heterocycles. The Morgan fingerprint density at radius 2 is 2.22 bits per heavy atom. The first kappa shape index (κ1) is 13.4. The normalized spacial score (nSPS) is 21.4. The Morgan fingerprint density at radius 1 is 1.39 bits per heavy atom. The molecule has 4 nitrogen and oxygen atoms in total. The summed E-state index contributed by atoms with van der Waals surface area (Å²) in [7, 11) is 0. The molecule has 1 aromatic rings. The van der Waals surface area contributed by atoms with E-state index in [4.69, 9.17) is 4.74 Å². The van der Waals surface area contributed by atoms with Crippen molar-refractivity contribution in [1.82, 2.24) is 14.9 Å². The molecule has 0 N–H and O–H groups in total. The van der Waals surface area contributed by atoms with Gasteiger partial charge in [-0.25, -0.2) is 0 Å². The molecule has 0 amide bonds. The van der Waals surface area contributed by atoms with Crippen LogP contribution in [0, 0.1) is 12.8 Å². The summed E-state index contributed by atoms with van der Waals surface area (Å²) in [4.78, 5) is 11.1. The Bertz CT molecular complexity index is 364. The summed E-state index contributed by atoms with van der Waals surface area (Å²) in [5.74, 6) is 0.689. The van der Waals surface area contributed by atoms with Crippen LogP contribution in [-0.2, 0) is 11.3 Å². The van der Waals surface area contributed by atoms with Crippen molar-refractivity contribution in [3.63, 3.8) is 0 Å². The van der Waals surface area contributed by atoms with Gasteiger partial charge in [-0.2, -0.15) is 0 Å². The molecule has 1 saturated heterocycles. The molecule has 18 heavy (non-hydrogen) atoms. The molecule has 1 atom stereocenters. The molecule has 0 spiro atoms. The van der Waals surface area contributed by atoms with Crippen LogP contribution in [0.3, 0.4) is 0 Å². The molecule has 0 aliphatic carbocycles. The molecule has 2 heterocycles. The number of hydrogen-bond acceptors (Lipinski definition) is 4. The average Bonchev–Trinajstić information content (AvgIpc) is 2.32. The number of rotatable bonds is 4. The SMILES string of the molecule is Cc1cnc(CN2CCO[C@@H](CC(C)C)C2)cn1. The van der Waals surface area contributed by atoms with E-state index in [1.807, 2.05) is 19.3 Å². The van der Waals surface area contributed by atoms with Crippen LogP contribution >= 0.6 is 0 Å². The summed E-state index contributed by atoms with van der Waals surface area (Å²) >= 11 is 0. The van der Waals surface area contributed by atoms with E-state index in [9.17, 15) is 0 Å². The molecular formula is C14H23N3O. The lowest BCUT2D eigenvalue weighted by Gasteiger charge is -2.33. The van der Waals surface area contributed by atoms with Crippen molar-refractivity contribution >= 4 is 0 Å². The van der Waals surface area contributed by atoms with Gasteiger partial charge in [0.1, 0.15) is 0 Å². The largest absolute Gasteiger partial charge is 0.376 e. The van der Waals surface area contributed by atoms with Gasteiger partial charge in [-0.15, -0.1) is 0 Å². The Labute approximate surface area is 109 Å². The summed E-state index contributed by atoms with van der Waals surface area (Å²) in [6.45, 7) is 10.2.